The van der Waals surface area contributed by atoms with Crippen molar-refractivity contribution in [3.05, 3.63) is 88.0 Å². The summed E-state index contributed by atoms with van der Waals surface area (Å²) >= 11 is 0. The third kappa shape index (κ3) is 3.96. The zero-order valence-electron chi connectivity index (χ0n) is 15.6. The molecule has 0 radical (unpaired) electrons. The molecule has 6 nitrogen and oxygen atoms in total. The van der Waals surface area contributed by atoms with Crippen molar-refractivity contribution in [1.82, 2.24) is 20.3 Å². The highest BCUT2D eigenvalue weighted by Gasteiger charge is 2.38. The van der Waals surface area contributed by atoms with E-state index in [-0.39, 0.29) is 30.0 Å². The molecule has 2 aromatic carbocycles. The molecule has 1 N–H and O–H groups in total. The molecule has 1 fully saturated rings. The first-order chi connectivity index (χ1) is 14.1. The molecule has 0 saturated heterocycles. The minimum atomic E-state index is -0.827. The van der Waals surface area contributed by atoms with E-state index in [9.17, 15) is 13.6 Å². The maximum atomic E-state index is 13.4. The number of aromatic nitrogens is 3. The van der Waals surface area contributed by atoms with E-state index in [1.54, 1.807) is 28.9 Å². The summed E-state index contributed by atoms with van der Waals surface area (Å²) in [6.45, 7) is 0.521. The number of rotatable bonds is 5. The average molecular weight is 431 g/mol. The quantitative estimate of drug-likeness (QED) is 0.488. The molecule has 0 amide bonds. The second-order valence-electron chi connectivity index (χ2n) is 7.13. The number of fused-ring (bicyclic) bond motifs is 1. The second kappa shape index (κ2) is 7.97. The lowest BCUT2D eigenvalue weighted by Crippen LogP contribution is -2.17. The van der Waals surface area contributed by atoms with Crippen LogP contribution in [-0.2, 0) is 6.54 Å². The molecule has 0 aliphatic heterocycles. The van der Waals surface area contributed by atoms with E-state index in [1.165, 1.54) is 18.2 Å². The molecule has 4 aromatic rings. The van der Waals surface area contributed by atoms with Crippen molar-refractivity contribution >= 4 is 23.4 Å². The Morgan fingerprint density at radius 3 is 2.80 bits per heavy atom. The predicted molar refractivity (Wildman–Crippen MR) is 109 cm³/mol. The zero-order chi connectivity index (χ0) is 20.0. The molecular formula is C21H17ClF2N4O2. The number of halogens is 3. The third-order valence-electron chi connectivity index (χ3n) is 5.12. The van der Waals surface area contributed by atoms with Gasteiger partial charge in [-0.3, -0.25) is 0 Å². The molecule has 2 aromatic heterocycles. The van der Waals surface area contributed by atoms with Crippen LogP contribution >= 0.6 is 12.4 Å². The molecule has 154 valence electrons. The van der Waals surface area contributed by atoms with Crippen LogP contribution in [0.3, 0.4) is 0 Å². The van der Waals surface area contributed by atoms with Gasteiger partial charge in [0.1, 0.15) is 5.58 Å². The Morgan fingerprint density at radius 2 is 1.97 bits per heavy atom. The monoisotopic (exact) mass is 430 g/mol. The minimum absolute atomic E-state index is 0. The molecule has 1 aliphatic carbocycles. The Kier molecular flexibility index (Phi) is 5.36. The van der Waals surface area contributed by atoms with Gasteiger partial charge in [0.15, 0.2) is 11.6 Å². The summed E-state index contributed by atoms with van der Waals surface area (Å²) < 4.78 is 33.2. The number of nitrogens with zero attached hydrogens (tertiary/aromatic N) is 3. The largest absolute Gasteiger partial charge is 0.423 e. The predicted octanol–water partition coefficient (Wildman–Crippen LogP) is 3.72. The molecule has 0 bridgehead atoms. The van der Waals surface area contributed by atoms with Crippen LogP contribution in [0.5, 0.6) is 0 Å². The normalized spacial score (nSPS) is 17.7. The van der Waals surface area contributed by atoms with Gasteiger partial charge in [0.2, 0.25) is 0 Å². The molecule has 2 atom stereocenters. The fourth-order valence-corrected chi connectivity index (χ4v) is 3.48. The zero-order valence-corrected chi connectivity index (χ0v) is 16.4. The maximum Gasteiger partial charge on any atom is 0.336 e. The van der Waals surface area contributed by atoms with E-state index in [4.69, 9.17) is 4.42 Å². The first kappa shape index (κ1) is 20.2. The number of benzene rings is 2. The minimum Gasteiger partial charge on any atom is -0.423 e. The lowest BCUT2D eigenvalue weighted by Gasteiger charge is -2.03. The molecule has 1 aliphatic rings. The fourth-order valence-electron chi connectivity index (χ4n) is 3.48. The SMILES string of the molecule is Cl.O=c1ccc2cc(-n3cc(CN[C@@H]4C[C@H]4c4ccc(F)c(F)c4)nn3)ccc2o1. The highest BCUT2D eigenvalue weighted by Crippen LogP contribution is 2.41. The van der Waals surface area contributed by atoms with Crippen LogP contribution in [0.1, 0.15) is 23.6 Å². The van der Waals surface area contributed by atoms with Crippen LogP contribution in [0.2, 0.25) is 0 Å². The van der Waals surface area contributed by atoms with E-state index < -0.39 is 11.6 Å². The number of nitrogens with one attached hydrogen (secondary N) is 1. The van der Waals surface area contributed by atoms with Crippen LogP contribution in [0.15, 0.2) is 63.9 Å². The van der Waals surface area contributed by atoms with Gasteiger partial charge in [-0.25, -0.2) is 18.3 Å². The number of hydrogen-bond donors (Lipinski definition) is 1. The van der Waals surface area contributed by atoms with Gasteiger partial charge in [0.25, 0.3) is 0 Å². The summed E-state index contributed by atoms with van der Waals surface area (Å²) in [5.41, 5.74) is 2.49. The smallest absolute Gasteiger partial charge is 0.336 e. The standard InChI is InChI=1S/C21H16F2N4O2.ClH/c22-17-4-1-12(8-18(17)23)16-9-19(16)24-10-14-11-27(26-25-14)15-3-5-20-13(7-15)2-6-21(28)29-20;/h1-8,11,16,19,24H,9-10H2;1H/t16-,19+;/m0./s1. The van der Waals surface area contributed by atoms with Crippen molar-refractivity contribution in [3.8, 4) is 5.69 Å². The molecule has 0 spiro atoms. The Hall–Kier alpha value is -3.10. The lowest BCUT2D eigenvalue weighted by molar-refractivity contribution is 0.506. The molecule has 2 heterocycles. The van der Waals surface area contributed by atoms with Gasteiger partial charge in [0.05, 0.1) is 17.6 Å². The van der Waals surface area contributed by atoms with Crippen LogP contribution in [0.25, 0.3) is 16.7 Å². The van der Waals surface area contributed by atoms with Gasteiger partial charge in [-0.1, -0.05) is 11.3 Å². The highest BCUT2D eigenvalue weighted by molar-refractivity contribution is 5.85. The average Bonchev–Trinajstić information content (AvgIpc) is 3.34. The molecule has 0 unspecified atom stereocenters. The molecule has 1 saturated carbocycles. The topological polar surface area (TPSA) is 73.0 Å². The van der Waals surface area contributed by atoms with Gasteiger partial charge in [0, 0.05) is 30.0 Å². The summed E-state index contributed by atoms with van der Waals surface area (Å²) in [5, 5.41) is 12.5. The van der Waals surface area contributed by atoms with Gasteiger partial charge in [-0.15, -0.1) is 17.5 Å². The number of hydrogen-bond acceptors (Lipinski definition) is 5. The molecular weight excluding hydrogens is 414 g/mol. The molecule has 9 heteroatoms. The summed E-state index contributed by atoms with van der Waals surface area (Å²) in [6, 6.07) is 12.7. The Morgan fingerprint density at radius 1 is 1.10 bits per heavy atom. The van der Waals surface area contributed by atoms with Crippen molar-refractivity contribution in [3.63, 3.8) is 0 Å². The third-order valence-corrected chi connectivity index (χ3v) is 5.12. The van der Waals surface area contributed by atoms with Crippen LogP contribution in [0, 0.1) is 11.6 Å². The van der Waals surface area contributed by atoms with Crippen LogP contribution in [-0.4, -0.2) is 21.0 Å². The Bertz CT molecular complexity index is 1270. The summed E-state index contributed by atoms with van der Waals surface area (Å²) in [5.74, 6) is -1.47. The summed E-state index contributed by atoms with van der Waals surface area (Å²) in [7, 11) is 0. The van der Waals surface area contributed by atoms with Gasteiger partial charge < -0.3 is 9.73 Å². The summed E-state index contributed by atoms with van der Waals surface area (Å²) in [4.78, 5) is 11.3. The Labute approximate surface area is 175 Å². The fraction of sp³-hybridized carbons (Fsp3) is 0.190. The maximum absolute atomic E-state index is 13.4. The van der Waals surface area contributed by atoms with Crippen molar-refractivity contribution in [2.24, 2.45) is 0 Å². The van der Waals surface area contributed by atoms with Crippen LogP contribution in [0.4, 0.5) is 8.78 Å². The van der Waals surface area contributed by atoms with Crippen molar-refractivity contribution in [1.29, 1.82) is 0 Å². The van der Waals surface area contributed by atoms with Gasteiger partial charge in [-0.05, 0) is 48.4 Å². The van der Waals surface area contributed by atoms with Crippen LogP contribution < -0.4 is 10.9 Å². The Balaban J connectivity index is 0.00000218. The lowest BCUT2D eigenvalue weighted by atomic mass is 10.1. The van der Waals surface area contributed by atoms with E-state index in [0.717, 1.165) is 28.8 Å². The van der Waals surface area contributed by atoms with Crippen molar-refractivity contribution in [2.75, 3.05) is 0 Å². The van der Waals surface area contributed by atoms with Crippen molar-refractivity contribution < 1.29 is 13.2 Å². The molecule has 30 heavy (non-hydrogen) atoms. The van der Waals surface area contributed by atoms with Crippen molar-refractivity contribution in [2.45, 2.75) is 24.9 Å². The van der Waals surface area contributed by atoms with Gasteiger partial charge in [-0.2, -0.15) is 0 Å². The van der Waals surface area contributed by atoms with E-state index >= 15 is 0 Å². The highest BCUT2D eigenvalue weighted by atomic mass is 35.5. The second-order valence-corrected chi connectivity index (χ2v) is 7.13. The summed E-state index contributed by atoms with van der Waals surface area (Å²) in [6.07, 6.45) is 2.69. The van der Waals surface area contributed by atoms with E-state index in [1.807, 2.05) is 12.3 Å². The van der Waals surface area contributed by atoms with Gasteiger partial charge >= 0.3 is 5.63 Å². The first-order valence-electron chi connectivity index (χ1n) is 9.21. The molecule has 5 rings (SSSR count). The first-order valence-corrected chi connectivity index (χ1v) is 9.21. The van der Waals surface area contributed by atoms with E-state index in [0.29, 0.717) is 12.1 Å². The van der Waals surface area contributed by atoms with E-state index in [2.05, 4.69) is 15.6 Å².